The fraction of sp³-hybridized carbons (Fsp3) is 0.312. The Morgan fingerprint density at radius 1 is 1.38 bits per heavy atom. The Hall–Kier alpha value is -2.01. The molecule has 0 atom stereocenters. The minimum atomic E-state index is -0.00458. The van der Waals surface area contributed by atoms with E-state index in [-0.39, 0.29) is 5.91 Å². The Morgan fingerprint density at radius 2 is 2.19 bits per heavy atom. The van der Waals surface area contributed by atoms with Gasteiger partial charge >= 0.3 is 0 Å². The van der Waals surface area contributed by atoms with Gasteiger partial charge in [0.2, 0.25) is 0 Å². The highest BCUT2D eigenvalue weighted by Crippen LogP contribution is 2.34. The van der Waals surface area contributed by atoms with Gasteiger partial charge in [-0.15, -0.1) is 11.3 Å². The fourth-order valence-electron chi connectivity index (χ4n) is 2.43. The average Bonchev–Trinajstić information content (AvgIpc) is 3.20. The molecule has 1 saturated carbocycles. The maximum atomic E-state index is 12.9. The van der Waals surface area contributed by atoms with Gasteiger partial charge in [-0.1, -0.05) is 12.1 Å². The molecule has 5 heteroatoms. The Kier molecular flexibility index (Phi) is 3.84. The highest BCUT2D eigenvalue weighted by Gasteiger charge is 2.34. The van der Waals surface area contributed by atoms with E-state index in [1.807, 2.05) is 16.3 Å². The normalized spacial score (nSPS) is 14.0. The molecule has 1 fully saturated rings. The van der Waals surface area contributed by atoms with Gasteiger partial charge in [0.25, 0.3) is 5.91 Å². The van der Waals surface area contributed by atoms with Crippen LogP contribution in [0.3, 0.4) is 0 Å². The summed E-state index contributed by atoms with van der Waals surface area (Å²) in [5, 5.41) is 2.03. The lowest BCUT2D eigenvalue weighted by atomic mass is 10.1. The van der Waals surface area contributed by atoms with Crippen molar-refractivity contribution in [2.45, 2.75) is 25.4 Å². The van der Waals surface area contributed by atoms with E-state index in [4.69, 9.17) is 10.5 Å². The third kappa shape index (κ3) is 2.88. The summed E-state index contributed by atoms with van der Waals surface area (Å²) in [7, 11) is 1.54. The lowest BCUT2D eigenvalue weighted by Gasteiger charge is -2.23. The summed E-state index contributed by atoms with van der Waals surface area (Å²) in [5.74, 6) is 0.467. The molecular weight excluding hydrogens is 284 g/mol. The molecule has 3 rings (SSSR count). The molecule has 1 aromatic carbocycles. The minimum absolute atomic E-state index is 0.00458. The van der Waals surface area contributed by atoms with Crippen molar-refractivity contribution in [3.05, 3.63) is 46.2 Å². The smallest absolute Gasteiger partial charge is 0.258 e. The van der Waals surface area contributed by atoms with Gasteiger partial charge in [-0.25, -0.2) is 0 Å². The van der Waals surface area contributed by atoms with Gasteiger partial charge in [0.05, 0.1) is 24.9 Å². The lowest BCUT2D eigenvalue weighted by Crippen LogP contribution is -2.32. The predicted octanol–water partition coefficient (Wildman–Crippen LogP) is 3.14. The third-order valence-corrected chi connectivity index (χ3v) is 4.50. The van der Waals surface area contributed by atoms with Crippen LogP contribution in [0.15, 0.2) is 35.7 Å². The van der Waals surface area contributed by atoms with E-state index < -0.39 is 0 Å². The number of hydrogen-bond acceptors (Lipinski definition) is 4. The molecule has 0 unspecified atom stereocenters. The van der Waals surface area contributed by atoms with Gasteiger partial charge in [-0.2, -0.15) is 0 Å². The highest BCUT2D eigenvalue weighted by molar-refractivity contribution is 7.09. The van der Waals surface area contributed by atoms with Crippen LogP contribution in [0, 0.1) is 0 Å². The van der Waals surface area contributed by atoms with E-state index in [1.54, 1.807) is 36.6 Å². The largest absolute Gasteiger partial charge is 0.494 e. The number of anilines is 1. The van der Waals surface area contributed by atoms with Crippen molar-refractivity contribution >= 4 is 22.9 Å². The maximum Gasteiger partial charge on any atom is 0.258 e. The van der Waals surface area contributed by atoms with Gasteiger partial charge in [0, 0.05) is 10.9 Å². The van der Waals surface area contributed by atoms with Crippen LogP contribution < -0.4 is 10.5 Å². The van der Waals surface area contributed by atoms with Crippen LogP contribution in [-0.2, 0) is 6.54 Å². The molecule has 21 heavy (non-hydrogen) atoms. The molecule has 4 nitrogen and oxygen atoms in total. The van der Waals surface area contributed by atoms with E-state index in [2.05, 4.69) is 6.07 Å². The molecule has 110 valence electrons. The Labute approximate surface area is 128 Å². The summed E-state index contributed by atoms with van der Waals surface area (Å²) < 4.78 is 5.31. The molecule has 0 saturated heterocycles. The number of ether oxygens (including phenoxy) is 1. The molecule has 1 aliphatic carbocycles. The number of benzene rings is 1. The first-order valence-electron chi connectivity index (χ1n) is 6.96. The zero-order valence-corrected chi connectivity index (χ0v) is 12.7. The first kappa shape index (κ1) is 13.9. The zero-order chi connectivity index (χ0) is 14.8. The van der Waals surface area contributed by atoms with Crippen molar-refractivity contribution < 1.29 is 9.53 Å². The van der Waals surface area contributed by atoms with Crippen LogP contribution in [0.5, 0.6) is 5.75 Å². The van der Waals surface area contributed by atoms with Gasteiger partial charge in [-0.05, 0) is 36.4 Å². The van der Waals surface area contributed by atoms with Crippen molar-refractivity contribution in [2.75, 3.05) is 12.8 Å². The van der Waals surface area contributed by atoms with Crippen LogP contribution in [0.1, 0.15) is 28.1 Å². The number of nitrogen functional groups attached to an aromatic ring is 1. The van der Waals surface area contributed by atoms with E-state index >= 15 is 0 Å². The molecule has 0 radical (unpaired) electrons. The number of carbonyl (C=O) groups is 1. The van der Waals surface area contributed by atoms with Crippen LogP contribution in [-0.4, -0.2) is 24.0 Å². The lowest BCUT2D eigenvalue weighted by molar-refractivity contribution is 0.0728. The number of carbonyl (C=O) groups excluding carboxylic acids is 1. The standard InChI is InChI=1S/C16H18N2O2S/c1-20-15-13(5-2-6-14(15)17)16(19)18(11-7-8-11)10-12-4-3-9-21-12/h2-6,9,11H,7-8,10,17H2,1H3. The predicted molar refractivity (Wildman–Crippen MR) is 84.6 cm³/mol. The third-order valence-electron chi connectivity index (χ3n) is 3.63. The molecule has 0 bridgehead atoms. The van der Waals surface area contributed by atoms with Gasteiger partial charge in [0.1, 0.15) is 0 Å². The van der Waals surface area contributed by atoms with Gasteiger partial charge in [0.15, 0.2) is 5.75 Å². The SMILES string of the molecule is COc1c(N)cccc1C(=O)N(Cc1cccs1)C1CC1. The first-order valence-corrected chi connectivity index (χ1v) is 7.84. The molecule has 2 aromatic rings. The second-order valence-corrected chi connectivity index (χ2v) is 6.20. The maximum absolute atomic E-state index is 12.9. The highest BCUT2D eigenvalue weighted by atomic mass is 32.1. The summed E-state index contributed by atoms with van der Waals surface area (Å²) in [4.78, 5) is 16.0. The van der Waals surface area contributed by atoms with E-state index in [9.17, 15) is 4.79 Å². The molecule has 1 amide bonds. The number of nitrogens with zero attached hydrogens (tertiary/aromatic N) is 1. The molecule has 1 heterocycles. The van der Waals surface area contributed by atoms with Gasteiger partial charge < -0.3 is 15.4 Å². The number of methoxy groups -OCH3 is 1. The summed E-state index contributed by atoms with van der Waals surface area (Å²) in [5.41, 5.74) is 6.94. The Bertz CT molecular complexity index is 636. The Balaban J connectivity index is 1.89. The minimum Gasteiger partial charge on any atom is -0.494 e. The number of para-hydroxylation sites is 1. The van der Waals surface area contributed by atoms with Crippen molar-refractivity contribution in [3.63, 3.8) is 0 Å². The van der Waals surface area contributed by atoms with Gasteiger partial charge in [-0.3, -0.25) is 4.79 Å². The first-order chi connectivity index (χ1) is 10.2. The molecule has 0 spiro atoms. The average molecular weight is 302 g/mol. The summed E-state index contributed by atoms with van der Waals surface area (Å²) in [6.45, 7) is 0.652. The molecule has 1 aromatic heterocycles. The molecule has 0 aliphatic heterocycles. The van der Waals surface area contributed by atoms with Crippen molar-refractivity contribution in [1.82, 2.24) is 4.90 Å². The van der Waals surface area contributed by atoms with Crippen LogP contribution in [0.4, 0.5) is 5.69 Å². The van der Waals surface area contributed by atoms with Crippen LogP contribution in [0.25, 0.3) is 0 Å². The van der Waals surface area contributed by atoms with E-state index in [0.29, 0.717) is 29.6 Å². The van der Waals surface area contributed by atoms with Crippen molar-refractivity contribution in [2.24, 2.45) is 0 Å². The number of rotatable bonds is 5. The van der Waals surface area contributed by atoms with Crippen LogP contribution >= 0.6 is 11.3 Å². The summed E-state index contributed by atoms with van der Waals surface area (Å²) in [6.07, 6.45) is 2.14. The second kappa shape index (κ2) is 5.77. The molecular formula is C16H18N2O2S. The van der Waals surface area contributed by atoms with E-state index in [0.717, 1.165) is 12.8 Å². The zero-order valence-electron chi connectivity index (χ0n) is 11.9. The molecule has 2 N–H and O–H groups in total. The summed E-state index contributed by atoms with van der Waals surface area (Å²) in [6, 6.07) is 9.73. The number of amides is 1. The summed E-state index contributed by atoms with van der Waals surface area (Å²) >= 11 is 1.67. The van der Waals surface area contributed by atoms with Crippen molar-refractivity contribution in [1.29, 1.82) is 0 Å². The van der Waals surface area contributed by atoms with E-state index in [1.165, 1.54) is 4.88 Å². The van der Waals surface area contributed by atoms with Crippen molar-refractivity contribution in [3.8, 4) is 5.75 Å². The Morgan fingerprint density at radius 3 is 2.81 bits per heavy atom. The quantitative estimate of drug-likeness (QED) is 0.863. The number of hydrogen-bond donors (Lipinski definition) is 1. The monoisotopic (exact) mass is 302 g/mol. The number of thiophene rings is 1. The second-order valence-electron chi connectivity index (χ2n) is 5.17. The topological polar surface area (TPSA) is 55.6 Å². The fourth-order valence-corrected chi connectivity index (χ4v) is 3.13. The number of nitrogens with two attached hydrogens (primary N) is 1. The van der Waals surface area contributed by atoms with Crippen LogP contribution in [0.2, 0.25) is 0 Å². The molecule has 1 aliphatic rings.